The molecule has 0 bridgehead atoms. The van der Waals surface area contributed by atoms with E-state index in [1.807, 2.05) is 20.8 Å². The van der Waals surface area contributed by atoms with Crippen LogP contribution in [0.1, 0.15) is 53.4 Å². The number of ether oxygens (including phenoxy) is 2. The van der Waals surface area contributed by atoms with Gasteiger partial charge in [0.05, 0.1) is 6.61 Å². The second-order valence-electron chi connectivity index (χ2n) is 5.19. The van der Waals surface area contributed by atoms with Crippen molar-refractivity contribution in [2.24, 2.45) is 11.7 Å². The second-order valence-corrected chi connectivity index (χ2v) is 5.19. The van der Waals surface area contributed by atoms with Gasteiger partial charge in [-0.15, -0.1) is 0 Å². The first-order valence-corrected chi connectivity index (χ1v) is 6.47. The first-order chi connectivity index (χ1) is 8.29. The van der Waals surface area contributed by atoms with E-state index in [-0.39, 0.29) is 6.61 Å². The van der Waals surface area contributed by atoms with Gasteiger partial charge in [-0.25, -0.2) is 9.59 Å². The maximum absolute atomic E-state index is 11.7. The van der Waals surface area contributed by atoms with Crippen LogP contribution in [0.4, 0.5) is 4.79 Å². The van der Waals surface area contributed by atoms with Crippen LogP contribution in [0.2, 0.25) is 0 Å². The largest absolute Gasteiger partial charge is 0.516 e. The number of carbonyl (C=O) groups excluding carboxylic acids is 2. The van der Waals surface area contributed by atoms with Gasteiger partial charge in [-0.1, -0.05) is 27.2 Å². The number of hydrogen-bond donors (Lipinski definition) is 1. The molecule has 18 heavy (non-hydrogen) atoms. The van der Waals surface area contributed by atoms with E-state index in [1.165, 1.54) is 0 Å². The molecule has 0 saturated carbocycles. The lowest BCUT2D eigenvalue weighted by Crippen LogP contribution is -2.47. The van der Waals surface area contributed by atoms with Crippen LogP contribution in [0.3, 0.4) is 0 Å². The van der Waals surface area contributed by atoms with Gasteiger partial charge in [-0.05, 0) is 32.1 Å². The van der Waals surface area contributed by atoms with Crippen LogP contribution in [0, 0.1) is 5.92 Å². The molecule has 106 valence electrons. The molecule has 1 atom stereocenters. The third-order valence-corrected chi connectivity index (χ3v) is 2.60. The van der Waals surface area contributed by atoms with Gasteiger partial charge < -0.3 is 15.2 Å². The van der Waals surface area contributed by atoms with Gasteiger partial charge in [0, 0.05) is 0 Å². The zero-order chi connectivity index (χ0) is 14.2. The fraction of sp³-hybridized carbons (Fsp3) is 0.846. The van der Waals surface area contributed by atoms with Crippen molar-refractivity contribution >= 4 is 12.1 Å². The lowest BCUT2D eigenvalue weighted by atomic mass is 9.93. The van der Waals surface area contributed by atoms with Gasteiger partial charge in [0.1, 0.15) is 5.54 Å². The van der Waals surface area contributed by atoms with Gasteiger partial charge in [0.2, 0.25) is 0 Å². The number of unbranched alkanes of at least 4 members (excludes halogenated alkanes) is 1. The molecule has 0 radical (unpaired) electrons. The lowest BCUT2D eigenvalue weighted by molar-refractivity contribution is -0.145. The number of esters is 1. The van der Waals surface area contributed by atoms with Crippen molar-refractivity contribution in [3.63, 3.8) is 0 Å². The molecule has 0 rings (SSSR count). The molecule has 0 aliphatic heterocycles. The molecule has 0 heterocycles. The molecule has 0 aromatic rings. The lowest BCUT2D eigenvalue weighted by Gasteiger charge is -2.22. The Balaban J connectivity index is 4.08. The minimum Gasteiger partial charge on any atom is -0.434 e. The molecule has 0 spiro atoms. The quantitative estimate of drug-likeness (QED) is 0.432. The summed E-state index contributed by atoms with van der Waals surface area (Å²) in [5.74, 6) is -0.290. The highest BCUT2D eigenvalue weighted by atomic mass is 16.7. The van der Waals surface area contributed by atoms with Crippen LogP contribution in [0.25, 0.3) is 0 Å². The van der Waals surface area contributed by atoms with Gasteiger partial charge >= 0.3 is 12.1 Å². The van der Waals surface area contributed by atoms with E-state index in [0.717, 1.165) is 19.3 Å². The molecule has 0 saturated heterocycles. The van der Waals surface area contributed by atoms with E-state index in [2.05, 4.69) is 4.74 Å². The van der Waals surface area contributed by atoms with Crippen molar-refractivity contribution in [2.45, 2.75) is 58.9 Å². The molecule has 0 aliphatic rings. The predicted octanol–water partition coefficient (Wildman–Crippen LogP) is 2.62. The molecule has 0 aliphatic carbocycles. The molecule has 0 amide bonds. The minimum atomic E-state index is -1.14. The molecule has 5 nitrogen and oxygen atoms in total. The van der Waals surface area contributed by atoms with E-state index >= 15 is 0 Å². The summed E-state index contributed by atoms with van der Waals surface area (Å²) < 4.78 is 9.31. The van der Waals surface area contributed by atoms with Crippen molar-refractivity contribution < 1.29 is 19.1 Å². The fourth-order valence-electron chi connectivity index (χ4n) is 1.21. The first kappa shape index (κ1) is 16.9. The number of nitrogens with two attached hydrogens (primary N) is 1. The van der Waals surface area contributed by atoms with Crippen LogP contribution in [0.15, 0.2) is 0 Å². The Morgan fingerprint density at radius 1 is 1.33 bits per heavy atom. The van der Waals surface area contributed by atoms with Crippen LogP contribution >= 0.6 is 0 Å². The highest BCUT2D eigenvalue weighted by Crippen LogP contribution is 2.15. The third-order valence-electron chi connectivity index (χ3n) is 2.60. The Labute approximate surface area is 109 Å². The van der Waals surface area contributed by atoms with Gasteiger partial charge in [0.25, 0.3) is 0 Å². The molecular weight excluding hydrogens is 234 g/mol. The van der Waals surface area contributed by atoms with Crippen molar-refractivity contribution in [3.05, 3.63) is 0 Å². The second kappa shape index (κ2) is 8.08. The topological polar surface area (TPSA) is 78.6 Å². The summed E-state index contributed by atoms with van der Waals surface area (Å²) >= 11 is 0. The van der Waals surface area contributed by atoms with Crippen molar-refractivity contribution in [2.75, 3.05) is 6.61 Å². The van der Waals surface area contributed by atoms with Gasteiger partial charge in [0.15, 0.2) is 0 Å². The Morgan fingerprint density at radius 3 is 2.44 bits per heavy atom. The van der Waals surface area contributed by atoms with Gasteiger partial charge in [-0.3, -0.25) is 0 Å². The van der Waals surface area contributed by atoms with E-state index in [4.69, 9.17) is 10.5 Å². The van der Waals surface area contributed by atoms with E-state index in [9.17, 15) is 9.59 Å². The smallest absolute Gasteiger partial charge is 0.434 e. The summed E-state index contributed by atoms with van der Waals surface area (Å²) in [7, 11) is 0. The Bertz CT molecular complexity index is 274. The Hall–Kier alpha value is -1.10. The van der Waals surface area contributed by atoms with E-state index < -0.39 is 17.7 Å². The zero-order valence-corrected chi connectivity index (χ0v) is 11.8. The number of carbonyl (C=O) groups is 2. The summed E-state index contributed by atoms with van der Waals surface area (Å²) in [6.45, 7) is 7.89. The average Bonchev–Trinajstić information content (AvgIpc) is 2.26. The van der Waals surface area contributed by atoms with Crippen molar-refractivity contribution in [1.82, 2.24) is 0 Å². The molecule has 5 heteroatoms. The summed E-state index contributed by atoms with van der Waals surface area (Å²) in [5.41, 5.74) is 4.68. The molecule has 0 unspecified atom stereocenters. The monoisotopic (exact) mass is 259 g/mol. The SMILES string of the molecule is CCCCOC(=O)OC(=O)[C@@](C)(N)CCC(C)C. The highest BCUT2D eigenvalue weighted by molar-refractivity contribution is 5.88. The molecular formula is C13H25NO4. The zero-order valence-electron chi connectivity index (χ0n) is 11.8. The molecule has 0 aromatic heterocycles. The Morgan fingerprint density at radius 2 is 1.94 bits per heavy atom. The minimum absolute atomic E-state index is 0.260. The summed E-state index contributed by atoms with van der Waals surface area (Å²) in [6.07, 6.45) is 1.97. The highest BCUT2D eigenvalue weighted by Gasteiger charge is 2.32. The summed E-state index contributed by atoms with van der Waals surface area (Å²) in [4.78, 5) is 22.9. The van der Waals surface area contributed by atoms with Gasteiger partial charge in [-0.2, -0.15) is 0 Å². The van der Waals surface area contributed by atoms with Crippen LogP contribution in [-0.4, -0.2) is 24.3 Å². The number of rotatable bonds is 7. The van der Waals surface area contributed by atoms with Crippen LogP contribution < -0.4 is 5.73 Å². The van der Waals surface area contributed by atoms with Crippen molar-refractivity contribution in [3.8, 4) is 0 Å². The molecule has 0 fully saturated rings. The summed E-state index contributed by atoms with van der Waals surface area (Å²) in [6, 6.07) is 0. The van der Waals surface area contributed by atoms with E-state index in [0.29, 0.717) is 12.3 Å². The normalized spacial score (nSPS) is 14.1. The Kier molecular flexibility index (Phi) is 7.59. The standard InChI is InChI=1S/C13H25NO4/c1-5-6-9-17-12(16)18-11(15)13(4,14)8-7-10(2)3/h10H,5-9,14H2,1-4H3/t13-/m0/s1. The average molecular weight is 259 g/mol. The number of hydrogen-bond acceptors (Lipinski definition) is 5. The van der Waals surface area contributed by atoms with E-state index in [1.54, 1.807) is 6.92 Å². The third kappa shape index (κ3) is 7.27. The van der Waals surface area contributed by atoms with Crippen molar-refractivity contribution in [1.29, 1.82) is 0 Å². The fourth-order valence-corrected chi connectivity index (χ4v) is 1.21. The summed E-state index contributed by atoms with van der Waals surface area (Å²) in [5, 5.41) is 0. The maximum atomic E-state index is 11.7. The predicted molar refractivity (Wildman–Crippen MR) is 69.0 cm³/mol. The van der Waals surface area contributed by atoms with Crippen LogP contribution in [-0.2, 0) is 14.3 Å². The first-order valence-electron chi connectivity index (χ1n) is 6.47. The molecule has 0 aromatic carbocycles. The molecule has 2 N–H and O–H groups in total. The maximum Gasteiger partial charge on any atom is 0.516 e. The van der Waals surface area contributed by atoms with Crippen LogP contribution in [0.5, 0.6) is 0 Å².